The van der Waals surface area contributed by atoms with Crippen molar-refractivity contribution in [2.45, 2.75) is 38.8 Å². The zero-order chi connectivity index (χ0) is 19.1. The number of aryl methyl sites for hydroxylation is 1. The monoisotopic (exact) mass is 375 g/mol. The Morgan fingerprint density at radius 1 is 1.27 bits per heavy atom. The first kappa shape index (κ1) is 20.3. The van der Waals surface area contributed by atoms with Crippen molar-refractivity contribution in [2.24, 2.45) is 0 Å². The van der Waals surface area contributed by atoms with E-state index in [2.05, 4.69) is 32.4 Å². The Morgan fingerprint density at radius 2 is 2.04 bits per heavy atom. The summed E-state index contributed by atoms with van der Waals surface area (Å²) in [4.78, 5) is 14.3. The van der Waals surface area contributed by atoms with Crippen molar-refractivity contribution in [2.75, 3.05) is 20.6 Å². The van der Waals surface area contributed by atoms with Gasteiger partial charge < -0.3 is 20.6 Å². The van der Waals surface area contributed by atoms with Crippen LogP contribution in [-0.2, 0) is 12.8 Å². The number of carbonyl (C=O) groups excluding carboxylic acids is 1. The van der Waals surface area contributed by atoms with E-state index in [0.29, 0.717) is 6.54 Å². The summed E-state index contributed by atoms with van der Waals surface area (Å²) < 4.78 is 0. The number of benzene rings is 1. The topological polar surface area (TPSA) is 64.6 Å². The van der Waals surface area contributed by atoms with Crippen LogP contribution in [0.2, 0.25) is 0 Å². The minimum Gasteiger partial charge on any atom is -0.508 e. The average molecular weight is 376 g/mol. The van der Waals surface area contributed by atoms with Gasteiger partial charge >= 0.3 is 6.03 Å². The SMILES string of the molecule is Cc1cc(O)ccc1C[C@@H](CNC(=O)N[C@H](C)Cc1ccsc1)N(C)C. The summed E-state index contributed by atoms with van der Waals surface area (Å²) in [5, 5.41) is 19.7. The van der Waals surface area contributed by atoms with Gasteiger partial charge in [-0.15, -0.1) is 0 Å². The number of nitrogens with one attached hydrogen (secondary N) is 2. The van der Waals surface area contributed by atoms with Crippen LogP contribution in [0.4, 0.5) is 4.79 Å². The molecule has 0 saturated heterocycles. The van der Waals surface area contributed by atoms with Crippen molar-refractivity contribution in [1.82, 2.24) is 15.5 Å². The van der Waals surface area contributed by atoms with Gasteiger partial charge in [0, 0.05) is 18.6 Å². The normalized spacial score (nSPS) is 13.4. The maximum atomic E-state index is 12.2. The second-order valence-corrected chi connectivity index (χ2v) is 7.80. The molecule has 2 amide bonds. The standard InChI is InChI=1S/C20H29N3O2S/c1-14-9-19(24)6-5-17(14)11-18(23(3)4)12-21-20(25)22-15(2)10-16-7-8-26-13-16/h5-9,13,15,18,24H,10-12H2,1-4H3,(H2,21,22,25)/t15-,18+/m1/s1. The van der Waals surface area contributed by atoms with E-state index in [9.17, 15) is 9.90 Å². The summed E-state index contributed by atoms with van der Waals surface area (Å²) in [5.41, 5.74) is 3.48. The van der Waals surface area contributed by atoms with E-state index in [1.54, 1.807) is 23.5 Å². The van der Waals surface area contributed by atoms with Gasteiger partial charge in [-0.25, -0.2) is 4.79 Å². The molecule has 2 aromatic rings. The van der Waals surface area contributed by atoms with Crippen molar-refractivity contribution in [1.29, 1.82) is 0 Å². The molecule has 0 spiro atoms. The van der Waals surface area contributed by atoms with Crippen LogP contribution in [0.25, 0.3) is 0 Å². The van der Waals surface area contributed by atoms with Crippen LogP contribution in [0, 0.1) is 6.92 Å². The molecule has 0 bridgehead atoms. The molecular weight excluding hydrogens is 346 g/mol. The van der Waals surface area contributed by atoms with Crippen LogP contribution in [0.1, 0.15) is 23.6 Å². The van der Waals surface area contributed by atoms with Gasteiger partial charge in [-0.2, -0.15) is 11.3 Å². The van der Waals surface area contributed by atoms with Crippen molar-refractivity contribution in [3.05, 3.63) is 51.7 Å². The zero-order valence-corrected chi connectivity index (χ0v) is 16.8. The first-order chi connectivity index (χ1) is 12.3. The first-order valence-electron chi connectivity index (χ1n) is 8.85. The minimum absolute atomic E-state index is 0.0850. The Morgan fingerprint density at radius 3 is 2.65 bits per heavy atom. The van der Waals surface area contributed by atoms with Crippen LogP contribution in [0.15, 0.2) is 35.0 Å². The molecule has 0 unspecified atom stereocenters. The molecule has 2 atom stereocenters. The molecule has 0 saturated carbocycles. The molecule has 0 aliphatic heterocycles. The van der Waals surface area contributed by atoms with Crippen molar-refractivity contribution in [3.8, 4) is 5.75 Å². The van der Waals surface area contributed by atoms with E-state index in [1.807, 2.05) is 34.0 Å². The number of aromatic hydroxyl groups is 1. The quantitative estimate of drug-likeness (QED) is 0.664. The zero-order valence-electron chi connectivity index (χ0n) is 16.0. The largest absolute Gasteiger partial charge is 0.508 e. The third-order valence-corrected chi connectivity index (χ3v) is 5.24. The van der Waals surface area contributed by atoms with E-state index in [1.165, 1.54) is 11.1 Å². The highest BCUT2D eigenvalue weighted by atomic mass is 32.1. The van der Waals surface area contributed by atoms with E-state index in [0.717, 1.165) is 18.4 Å². The summed E-state index contributed by atoms with van der Waals surface area (Å²) in [6.07, 6.45) is 1.64. The third-order valence-electron chi connectivity index (χ3n) is 4.51. The van der Waals surface area contributed by atoms with Gasteiger partial charge in [-0.3, -0.25) is 0 Å². The van der Waals surface area contributed by atoms with Crippen LogP contribution in [0.5, 0.6) is 5.75 Å². The number of phenols is 1. The van der Waals surface area contributed by atoms with Crippen LogP contribution < -0.4 is 10.6 Å². The molecule has 142 valence electrons. The van der Waals surface area contributed by atoms with E-state index < -0.39 is 0 Å². The Kier molecular flexibility index (Phi) is 7.48. The van der Waals surface area contributed by atoms with Gasteiger partial charge in [0.1, 0.15) is 5.75 Å². The van der Waals surface area contributed by atoms with E-state index >= 15 is 0 Å². The lowest BCUT2D eigenvalue weighted by Gasteiger charge is -2.26. The fourth-order valence-electron chi connectivity index (χ4n) is 2.90. The van der Waals surface area contributed by atoms with Crippen molar-refractivity contribution < 1.29 is 9.90 Å². The molecule has 1 aromatic heterocycles. The van der Waals surface area contributed by atoms with Crippen LogP contribution in [-0.4, -0.2) is 48.8 Å². The molecule has 0 aliphatic carbocycles. The second kappa shape index (κ2) is 9.59. The predicted molar refractivity (Wildman–Crippen MR) is 108 cm³/mol. The van der Waals surface area contributed by atoms with Gasteiger partial charge in [0.15, 0.2) is 0 Å². The maximum absolute atomic E-state index is 12.2. The summed E-state index contributed by atoms with van der Waals surface area (Å²) in [6, 6.07) is 7.64. The predicted octanol–water partition coefficient (Wildman–Crippen LogP) is 3.17. The molecule has 26 heavy (non-hydrogen) atoms. The number of phenolic OH excluding ortho intramolecular Hbond substituents is 1. The highest BCUT2D eigenvalue weighted by Gasteiger charge is 2.16. The Labute approximate surface area is 160 Å². The van der Waals surface area contributed by atoms with Gasteiger partial charge in [0.25, 0.3) is 0 Å². The summed E-state index contributed by atoms with van der Waals surface area (Å²) in [5.74, 6) is 0.282. The number of urea groups is 1. The Hall–Kier alpha value is -2.05. The van der Waals surface area contributed by atoms with E-state index in [4.69, 9.17) is 0 Å². The number of hydrogen-bond acceptors (Lipinski definition) is 4. The smallest absolute Gasteiger partial charge is 0.315 e. The highest BCUT2D eigenvalue weighted by molar-refractivity contribution is 7.07. The second-order valence-electron chi connectivity index (χ2n) is 7.02. The fraction of sp³-hybridized carbons (Fsp3) is 0.450. The molecule has 2 rings (SSSR count). The van der Waals surface area contributed by atoms with Gasteiger partial charge in [-0.05, 0) is 86.4 Å². The molecule has 6 heteroatoms. The number of amides is 2. The third kappa shape index (κ3) is 6.35. The number of thiophene rings is 1. The van der Waals surface area contributed by atoms with Gasteiger partial charge in [-0.1, -0.05) is 6.07 Å². The number of hydrogen-bond donors (Lipinski definition) is 3. The summed E-state index contributed by atoms with van der Waals surface area (Å²) >= 11 is 1.67. The number of carbonyl (C=O) groups is 1. The number of likely N-dealkylation sites (N-methyl/N-ethyl adjacent to an activating group) is 1. The number of rotatable bonds is 8. The Balaban J connectivity index is 1.84. The lowest BCUT2D eigenvalue weighted by Crippen LogP contribution is -2.47. The number of nitrogens with zero attached hydrogens (tertiary/aromatic N) is 1. The van der Waals surface area contributed by atoms with Crippen molar-refractivity contribution >= 4 is 17.4 Å². The summed E-state index contributed by atoms with van der Waals surface area (Å²) in [6.45, 7) is 4.57. The first-order valence-corrected chi connectivity index (χ1v) is 9.79. The molecular formula is C20H29N3O2S. The molecule has 5 nitrogen and oxygen atoms in total. The Bertz CT molecular complexity index is 701. The molecule has 3 N–H and O–H groups in total. The molecule has 0 fully saturated rings. The molecule has 0 aliphatic rings. The van der Waals surface area contributed by atoms with Crippen molar-refractivity contribution in [3.63, 3.8) is 0 Å². The summed E-state index contributed by atoms with van der Waals surface area (Å²) in [7, 11) is 4.03. The van der Waals surface area contributed by atoms with Crippen LogP contribution in [0.3, 0.4) is 0 Å². The lowest BCUT2D eigenvalue weighted by molar-refractivity contribution is 0.229. The van der Waals surface area contributed by atoms with Crippen LogP contribution >= 0.6 is 11.3 Å². The lowest BCUT2D eigenvalue weighted by atomic mass is 10.00. The van der Waals surface area contributed by atoms with Gasteiger partial charge in [0.2, 0.25) is 0 Å². The average Bonchev–Trinajstić information content (AvgIpc) is 3.05. The minimum atomic E-state index is -0.137. The molecule has 0 radical (unpaired) electrons. The fourth-order valence-corrected chi connectivity index (χ4v) is 3.58. The maximum Gasteiger partial charge on any atom is 0.315 e. The molecule has 1 aromatic carbocycles. The highest BCUT2D eigenvalue weighted by Crippen LogP contribution is 2.18. The van der Waals surface area contributed by atoms with E-state index in [-0.39, 0.29) is 23.9 Å². The van der Waals surface area contributed by atoms with Gasteiger partial charge in [0.05, 0.1) is 0 Å². The molecule has 1 heterocycles.